The Labute approximate surface area is 246 Å². The molecular weight excluding hydrogens is 566 g/mol. The number of nitrogens with zero attached hydrogens (tertiary/aromatic N) is 2. The number of aromatic nitrogens is 1. The predicted molar refractivity (Wildman–Crippen MR) is 150 cm³/mol. The van der Waals surface area contributed by atoms with Crippen LogP contribution >= 0.6 is 0 Å². The molecule has 3 amide bonds. The lowest BCUT2D eigenvalue weighted by molar-refractivity contribution is 0.0220. The predicted octanol–water partition coefficient (Wildman–Crippen LogP) is 3.72. The maximum absolute atomic E-state index is 14.6. The molecule has 0 saturated heterocycles. The summed E-state index contributed by atoms with van der Waals surface area (Å²) in [6, 6.07) is 10.9. The van der Waals surface area contributed by atoms with Crippen molar-refractivity contribution in [1.29, 1.82) is 0 Å². The summed E-state index contributed by atoms with van der Waals surface area (Å²) in [4.78, 5) is 60.0. The molecule has 11 nitrogen and oxygen atoms in total. The van der Waals surface area contributed by atoms with Gasteiger partial charge in [0.15, 0.2) is 11.4 Å². The highest BCUT2D eigenvalue weighted by Gasteiger charge is 2.36. The standard InChI is InChI=1S/C30H32F2N4O7/c1-30(2,3)43-29(40)36(14-19-10-11-20(31)12-23(19)32)28(39)22-15-35-21(17-42-33-4)13-34-27(38)24(35)26(25(22)37)41-16-18-8-6-5-7-9-18/h5-12,15,21,33H,13-14,16-17H2,1-4H3,(H,34,38)/t21-/m1/s1. The maximum Gasteiger partial charge on any atom is 0.417 e. The number of nitrogens with one attached hydrogen (secondary N) is 2. The minimum atomic E-state index is -1.16. The van der Waals surface area contributed by atoms with Crippen molar-refractivity contribution in [2.24, 2.45) is 0 Å². The average Bonchev–Trinajstić information content (AvgIpc) is 2.95. The number of amides is 3. The summed E-state index contributed by atoms with van der Waals surface area (Å²) in [6.07, 6.45) is -0.0150. The molecule has 3 aromatic rings. The van der Waals surface area contributed by atoms with Crippen LogP contribution in [0.1, 0.15) is 58.8 Å². The van der Waals surface area contributed by atoms with E-state index in [0.717, 1.165) is 18.3 Å². The van der Waals surface area contributed by atoms with E-state index in [1.165, 1.54) is 4.57 Å². The summed E-state index contributed by atoms with van der Waals surface area (Å²) < 4.78 is 40.9. The van der Waals surface area contributed by atoms with Crippen LogP contribution in [-0.4, -0.2) is 53.2 Å². The van der Waals surface area contributed by atoms with E-state index in [1.807, 2.05) is 0 Å². The second kappa shape index (κ2) is 13.1. The number of fused-ring (bicyclic) bond motifs is 1. The van der Waals surface area contributed by atoms with E-state index < -0.39 is 64.5 Å². The van der Waals surface area contributed by atoms with Gasteiger partial charge in [-0.3, -0.25) is 19.2 Å². The number of carbonyl (C=O) groups is 3. The van der Waals surface area contributed by atoms with Gasteiger partial charge in [0, 0.05) is 31.4 Å². The third-order valence-electron chi connectivity index (χ3n) is 6.38. The van der Waals surface area contributed by atoms with Crippen LogP contribution in [0.5, 0.6) is 5.75 Å². The summed E-state index contributed by atoms with van der Waals surface area (Å²) in [5, 5.41) is 2.69. The lowest BCUT2D eigenvalue weighted by atomic mass is 10.1. The largest absolute Gasteiger partial charge is 0.483 e. The SMILES string of the molecule is CNOC[C@H]1CNC(=O)c2c(OCc3ccccc3)c(=O)c(C(=O)N(Cc3ccc(F)cc3F)C(=O)OC(C)(C)C)cn21. The van der Waals surface area contributed by atoms with Gasteiger partial charge in [-0.15, -0.1) is 0 Å². The first-order valence-corrected chi connectivity index (χ1v) is 13.4. The number of carbonyl (C=O) groups excluding carboxylic acids is 3. The van der Waals surface area contributed by atoms with E-state index >= 15 is 0 Å². The van der Waals surface area contributed by atoms with Gasteiger partial charge in [0.1, 0.15) is 29.4 Å². The first kappa shape index (κ1) is 31.3. The highest BCUT2D eigenvalue weighted by Crippen LogP contribution is 2.26. The minimum absolute atomic E-state index is 0.0228. The average molecular weight is 599 g/mol. The van der Waals surface area contributed by atoms with Crippen LogP contribution in [0.4, 0.5) is 13.6 Å². The third-order valence-corrected chi connectivity index (χ3v) is 6.38. The van der Waals surface area contributed by atoms with Crippen LogP contribution in [0.15, 0.2) is 59.5 Å². The van der Waals surface area contributed by atoms with Gasteiger partial charge in [0.05, 0.1) is 19.2 Å². The molecule has 1 aliphatic rings. The van der Waals surface area contributed by atoms with Gasteiger partial charge in [-0.25, -0.2) is 24.0 Å². The molecule has 2 heterocycles. The summed E-state index contributed by atoms with van der Waals surface area (Å²) in [7, 11) is 1.55. The van der Waals surface area contributed by atoms with Crippen LogP contribution in [-0.2, 0) is 22.7 Å². The van der Waals surface area contributed by atoms with Crippen LogP contribution in [0.25, 0.3) is 0 Å². The topological polar surface area (TPSA) is 128 Å². The molecule has 228 valence electrons. The van der Waals surface area contributed by atoms with Crippen LogP contribution in [0.3, 0.4) is 0 Å². The lowest BCUT2D eigenvalue weighted by Gasteiger charge is -2.31. The fourth-order valence-electron chi connectivity index (χ4n) is 4.35. The molecule has 1 atom stereocenters. The van der Waals surface area contributed by atoms with Gasteiger partial charge in [0.25, 0.3) is 11.8 Å². The maximum atomic E-state index is 14.6. The molecule has 0 fully saturated rings. The molecule has 1 aliphatic heterocycles. The van der Waals surface area contributed by atoms with Gasteiger partial charge >= 0.3 is 6.09 Å². The second-order valence-electron chi connectivity index (χ2n) is 10.7. The van der Waals surface area contributed by atoms with E-state index in [-0.39, 0.29) is 31.0 Å². The first-order chi connectivity index (χ1) is 20.4. The zero-order valence-electron chi connectivity index (χ0n) is 24.1. The van der Waals surface area contributed by atoms with Crippen molar-refractivity contribution >= 4 is 17.9 Å². The summed E-state index contributed by atoms with van der Waals surface area (Å²) in [6.45, 7) is 4.05. The van der Waals surface area contributed by atoms with Gasteiger partial charge in [-0.05, 0) is 32.4 Å². The van der Waals surface area contributed by atoms with Gasteiger partial charge < -0.3 is 19.4 Å². The number of halogens is 2. The Kier molecular flexibility index (Phi) is 9.56. The highest BCUT2D eigenvalue weighted by atomic mass is 19.1. The van der Waals surface area contributed by atoms with Gasteiger partial charge in [-0.1, -0.05) is 36.4 Å². The van der Waals surface area contributed by atoms with E-state index in [9.17, 15) is 28.0 Å². The van der Waals surface area contributed by atoms with Crippen LogP contribution in [0.2, 0.25) is 0 Å². The summed E-state index contributed by atoms with van der Waals surface area (Å²) in [5.41, 5.74) is 0.333. The molecule has 0 unspecified atom stereocenters. The quantitative estimate of drug-likeness (QED) is 0.357. The smallest absolute Gasteiger partial charge is 0.417 e. The Morgan fingerprint density at radius 2 is 1.84 bits per heavy atom. The Morgan fingerprint density at radius 3 is 2.49 bits per heavy atom. The Morgan fingerprint density at radius 1 is 1.12 bits per heavy atom. The van der Waals surface area contributed by atoms with Gasteiger partial charge in [0.2, 0.25) is 5.43 Å². The van der Waals surface area contributed by atoms with E-state index in [0.29, 0.717) is 16.5 Å². The molecule has 13 heteroatoms. The van der Waals surface area contributed by atoms with Crippen molar-refractivity contribution < 1.29 is 37.5 Å². The number of hydroxylamine groups is 1. The van der Waals surface area contributed by atoms with E-state index in [1.54, 1.807) is 58.2 Å². The van der Waals surface area contributed by atoms with Crippen molar-refractivity contribution in [2.75, 3.05) is 20.2 Å². The number of hydrogen-bond donors (Lipinski definition) is 2. The number of benzene rings is 2. The molecule has 43 heavy (non-hydrogen) atoms. The molecule has 0 bridgehead atoms. The van der Waals surface area contributed by atoms with Crippen LogP contribution < -0.4 is 21.0 Å². The Balaban J connectivity index is 1.85. The van der Waals surface area contributed by atoms with Crippen molar-refractivity contribution in [2.45, 2.75) is 45.6 Å². The molecule has 0 radical (unpaired) electrons. The molecule has 4 rings (SSSR count). The third kappa shape index (κ3) is 7.43. The van der Waals surface area contributed by atoms with Crippen molar-refractivity contribution in [3.63, 3.8) is 0 Å². The van der Waals surface area contributed by atoms with Crippen molar-refractivity contribution in [3.8, 4) is 5.75 Å². The molecule has 0 aliphatic carbocycles. The lowest BCUT2D eigenvalue weighted by Crippen LogP contribution is -2.46. The van der Waals surface area contributed by atoms with E-state index in [4.69, 9.17) is 14.3 Å². The number of pyridine rings is 1. The fraction of sp³-hybridized carbons (Fsp3) is 0.333. The molecular formula is C30H32F2N4O7. The zero-order valence-corrected chi connectivity index (χ0v) is 24.1. The normalized spacial score (nSPS) is 14.5. The molecule has 2 aromatic carbocycles. The van der Waals surface area contributed by atoms with E-state index in [2.05, 4.69) is 10.8 Å². The number of rotatable bonds is 9. The molecule has 0 saturated carbocycles. The molecule has 2 N–H and O–H groups in total. The van der Waals surface area contributed by atoms with Crippen molar-refractivity contribution in [1.82, 2.24) is 20.3 Å². The monoisotopic (exact) mass is 598 g/mol. The first-order valence-electron chi connectivity index (χ1n) is 13.4. The highest BCUT2D eigenvalue weighted by molar-refractivity contribution is 6.04. The Hall–Kier alpha value is -4.62. The Bertz CT molecular complexity index is 1570. The number of hydrogen-bond acceptors (Lipinski definition) is 8. The molecule has 0 spiro atoms. The number of imide groups is 1. The summed E-state index contributed by atoms with van der Waals surface area (Å²) >= 11 is 0. The molecule has 1 aromatic heterocycles. The zero-order chi connectivity index (χ0) is 31.3. The van der Waals surface area contributed by atoms with Crippen molar-refractivity contribution in [3.05, 3.63) is 99.0 Å². The van der Waals surface area contributed by atoms with Gasteiger partial charge in [-0.2, -0.15) is 0 Å². The number of ether oxygens (including phenoxy) is 2. The fourth-order valence-corrected chi connectivity index (χ4v) is 4.35. The second-order valence-corrected chi connectivity index (χ2v) is 10.7. The van der Waals surface area contributed by atoms with Crippen LogP contribution in [0, 0.1) is 11.6 Å². The minimum Gasteiger partial charge on any atom is -0.483 e. The summed E-state index contributed by atoms with van der Waals surface area (Å²) in [5.74, 6) is -4.02.